The number of nitrogens with two attached hydrogens (primary N) is 1. The van der Waals surface area contributed by atoms with E-state index in [1.54, 1.807) is 18.4 Å². The predicted molar refractivity (Wildman–Crippen MR) is 115 cm³/mol. The van der Waals surface area contributed by atoms with Gasteiger partial charge in [0.25, 0.3) is 0 Å². The summed E-state index contributed by atoms with van der Waals surface area (Å²) in [5.41, 5.74) is 8.23. The molecule has 8 heteroatoms. The minimum absolute atomic E-state index is 0.137. The maximum absolute atomic E-state index is 12.6. The number of thiophene rings is 1. The van der Waals surface area contributed by atoms with E-state index in [0.29, 0.717) is 22.4 Å². The second-order valence-corrected chi connectivity index (χ2v) is 9.12. The molecule has 3 N–H and O–H groups in total. The van der Waals surface area contributed by atoms with Gasteiger partial charge in [0.05, 0.1) is 23.4 Å². The number of benzene rings is 1. The van der Waals surface area contributed by atoms with Crippen LogP contribution in [0.15, 0.2) is 29.4 Å². The summed E-state index contributed by atoms with van der Waals surface area (Å²) >= 11 is 3.02. The predicted octanol–water partition coefficient (Wildman–Crippen LogP) is 4.28. The van der Waals surface area contributed by atoms with Crippen LogP contribution in [-0.4, -0.2) is 28.2 Å². The summed E-state index contributed by atoms with van der Waals surface area (Å²) in [6.45, 7) is 1.83. The van der Waals surface area contributed by atoms with Crippen LogP contribution in [0.1, 0.15) is 30.2 Å². The first-order valence-corrected chi connectivity index (χ1v) is 10.9. The van der Waals surface area contributed by atoms with E-state index in [4.69, 9.17) is 10.5 Å². The summed E-state index contributed by atoms with van der Waals surface area (Å²) in [5.74, 6) is 1.01. The number of carbonyl (C=O) groups excluding carboxylic acids is 1. The molecule has 0 bridgehead atoms. The lowest BCUT2D eigenvalue weighted by Gasteiger charge is -2.14. The third kappa shape index (κ3) is 3.66. The van der Waals surface area contributed by atoms with Crippen LogP contribution in [0.25, 0.3) is 10.2 Å². The minimum atomic E-state index is -0.378. The lowest BCUT2D eigenvalue weighted by atomic mass is 9.97. The molecule has 2 aromatic heterocycles. The fraction of sp³-hybridized carbons (Fsp3) is 0.350. The Morgan fingerprint density at radius 2 is 2.07 bits per heavy atom. The second kappa shape index (κ2) is 7.97. The average molecular weight is 415 g/mol. The highest BCUT2D eigenvalue weighted by Gasteiger charge is 2.22. The van der Waals surface area contributed by atoms with E-state index in [-0.39, 0.29) is 11.2 Å². The molecule has 1 aliphatic carbocycles. The first-order chi connectivity index (χ1) is 13.6. The van der Waals surface area contributed by atoms with Crippen LogP contribution in [0.3, 0.4) is 0 Å². The average Bonchev–Trinajstić information content (AvgIpc) is 3.07. The summed E-state index contributed by atoms with van der Waals surface area (Å²) < 4.78 is 5.29. The van der Waals surface area contributed by atoms with E-state index in [1.807, 2.05) is 31.2 Å². The van der Waals surface area contributed by atoms with Crippen molar-refractivity contribution in [2.45, 2.75) is 43.0 Å². The quantitative estimate of drug-likeness (QED) is 0.478. The Labute approximate surface area is 171 Å². The topological polar surface area (TPSA) is 90.1 Å². The lowest BCUT2D eigenvalue weighted by Crippen LogP contribution is -2.23. The number of hydrogen-bond acceptors (Lipinski definition) is 7. The van der Waals surface area contributed by atoms with Gasteiger partial charge in [0.2, 0.25) is 5.91 Å². The van der Waals surface area contributed by atoms with Crippen molar-refractivity contribution in [2.75, 3.05) is 18.2 Å². The molecular formula is C20H22N4O2S2. The van der Waals surface area contributed by atoms with E-state index in [9.17, 15) is 4.79 Å². The highest BCUT2D eigenvalue weighted by molar-refractivity contribution is 8.00. The van der Waals surface area contributed by atoms with Gasteiger partial charge in [-0.25, -0.2) is 9.97 Å². The first kappa shape index (κ1) is 19.0. The largest absolute Gasteiger partial charge is 0.495 e. The minimum Gasteiger partial charge on any atom is -0.495 e. The van der Waals surface area contributed by atoms with E-state index < -0.39 is 0 Å². The molecule has 0 saturated carbocycles. The molecule has 0 spiro atoms. The molecule has 3 aromatic rings. The number of amides is 1. The van der Waals surface area contributed by atoms with E-state index in [1.165, 1.54) is 35.0 Å². The monoisotopic (exact) mass is 414 g/mol. The van der Waals surface area contributed by atoms with Gasteiger partial charge in [-0.05, 0) is 50.3 Å². The van der Waals surface area contributed by atoms with Crippen LogP contribution in [-0.2, 0) is 17.6 Å². The SMILES string of the molecule is COc1ccccc1NC(=O)C(C)Sc1nc(N)c2c3c(sc2n1)CCCC3. The number of para-hydroxylation sites is 2. The van der Waals surface area contributed by atoms with Crippen molar-refractivity contribution in [3.05, 3.63) is 34.7 Å². The number of aromatic nitrogens is 2. The van der Waals surface area contributed by atoms with Crippen LogP contribution in [0.4, 0.5) is 11.5 Å². The van der Waals surface area contributed by atoms with Crippen LogP contribution in [0.2, 0.25) is 0 Å². The van der Waals surface area contributed by atoms with Gasteiger partial charge in [0.1, 0.15) is 16.4 Å². The molecule has 0 radical (unpaired) electrons. The standard InChI is InChI=1S/C20H22N4O2S2/c1-11(18(25)22-13-8-4-5-9-14(13)26-2)27-20-23-17(21)16-12-7-3-6-10-15(12)28-19(16)24-20/h4-5,8-9,11H,3,6-7,10H2,1-2H3,(H,22,25)(H2,21,23,24). The zero-order chi connectivity index (χ0) is 19.7. The molecule has 4 rings (SSSR count). The molecule has 1 amide bonds. The maximum atomic E-state index is 12.6. The molecule has 1 aliphatic rings. The van der Waals surface area contributed by atoms with Crippen molar-refractivity contribution in [1.29, 1.82) is 0 Å². The van der Waals surface area contributed by atoms with E-state index in [0.717, 1.165) is 23.1 Å². The van der Waals surface area contributed by atoms with Gasteiger partial charge in [-0.2, -0.15) is 0 Å². The van der Waals surface area contributed by atoms with Crippen molar-refractivity contribution >= 4 is 50.7 Å². The summed E-state index contributed by atoms with van der Waals surface area (Å²) in [7, 11) is 1.58. The number of anilines is 2. The number of fused-ring (bicyclic) bond motifs is 3. The van der Waals surface area contributed by atoms with Crippen molar-refractivity contribution in [1.82, 2.24) is 9.97 Å². The number of rotatable bonds is 5. The molecule has 0 aliphatic heterocycles. The zero-order valence-electron chi connectivity index (χ0n) is 15.8. The third-order valence-corrected chi connectivity index (χ3v) is 6.99. The van der Waals surface area contributed by atoms with Crippen LogP contribution < -0.4 is 15.8 Å². The van der Waals surface area contributed by atoms with Gasteiger partial charge in [-0.3, -0.25) is 4.79 Å². The van der Waals surface area contributed by atoms with Crippen LogP contribution in [0.5, 0.6) is 5.75 Å². The summed E-state index contributed by atoms with van der Waals surface area (Å²) in [6.07, 6.45) is 4.55. The fourth-order valence-electron chi connectivity index (χ4n) is 3.41. The Hall–Kier alpha value is -2.32. The Balaban J connectivity index is 1.53. The number of ether oxygens (including phenoxy) is 1. The van der Waals surface area contributed by atoms with Gasteiger partial charge < -0.3 is 15.8 Å². The Bertz CT molecular complexity index is 1030. The number of nitrogens with one attached hydrogen (secondary N) is 1. The summed E-state index contributed by atoms with van der Waals surface area (Å²) in [6, 6.07) is 7.33. The molecule has 146 valence electrons. The zero-order valence-corrected chi connectivity index (χ0v) is 17.5. The maximum Gasteiger partial charge on any atom is 0.237 e. The number of aryl methyl sites for hydroxylation is 2. The summed E-state index contributed by atoms with van der Waals surface area (Å²) in [4.78, 5) is 24.1. The number of nitrogens with zero attached hydrogens (tertiary/aromatic N) is 2. The summed E-state index contributed by atoms with van der Waals surface area (Å²) in [5, 5.41) is 4.07. The number of carbonyl (C=O) groups is 1. The Kier molecular flexibility index (Phi) is 5.41. The number of thioether (sulfide) groups is 1. The van der Waals surface area contributed by atoms with Gasteiger partial charge in [-0.15, -0.1) is 11.3 Å². The molecule has 2 heterocycles. The number of methoxy groups -OCH3 is 1. The molecule has 0 fully saturated rings. The van der Waals surface area contributed by atoms with Gasteiger partial charge in [0, 0.05) is 4.88 Å². The molecule has 1 unspecified atom stereocenters. The molecule has 0 saturated heterocycles. The van der Waals surface area contributed by atoms with Crippen molar-refractivity contribution in [2.24, 2.45) is 0 Å². The Morgan fingerprint density at radius 3 is 2.89 bits per heavy atom. The van der Waals surface area contributed by atoms with E-state index in [2.05, 4.69) is 15.3 Å². The van der Waals surface area contributed by atoms with Gasteiger partial charge in [0.15, 0.2) is 5.16 Å². The Morgan fingerprint density at radius 1 is 1.29 bits per heavy atom. The molecule has 1 aromatic carbocycles. The van der Waals surface area contributed by atoms with Crippen LogP contribution in [0, 0.1) is 0 Å². The third-order valence-electron chi connectivity index (χ3n) is 4.84. The van der Waals surface area contributed by atoms with E-state index >= 15 is 0 Å². The normalized spacial score (nSPS) is 14.5. The smallest absolute Gasteiger partial charge is 0.237 e. The van der Waals surface area contributed by atoms with Crippen LogP contribution >= 0.6 is 23.1 Å². The number of hydrogen-bond donors (Lipinski definition) is 2. The highest BCUT2D eigenvalue weighted by Crippen LogP contribution is 2.39. The molecule has 6 nitrogen and oxygen atoms in total. The first-order valence-electron chi connectivity index (χ1n) is 9.25. The molecule has 1 atom stereocenters. The highest BCUT2D eigenvalue weighted by atomic mass is 32.2. The van der Waals surface area contributed by atoms with Gasteiger partial charge in [-0.1, -0.05) is 23.9 Å². The van der Waals surface area contributed by atoms with Crippen molar-refractivity contribution in [3.63, 3.8) is 0 Å². The molecule has 28 heavy (non-hydrogen) atoms. The second-order valence-electron chi connectivity index (χ2n) is 6.73. The molecular weight excluding hydrogens is 392 g/mol. The number of nitrogen functional groups attached to an aromatic ring is 1. The lowest BCUT2D eigenvalue weighted by molar-refractivity contribution is -0.115. The van der Waals surface area contributed by atoms with Crippen molar-refractivity contribution in [3.8, 4) is 5.75 Å². The van der Waals surface area contributed by atoms with Crippen molar-refractivity contribution < 1.29 is 9.53 Å². The van der Waals surface area contributed by atoms with Gasteiger partial charge >= 0.3 is 0 Å². The fourth-order valence-corrected chi connectivity index (χ4v) is 5.52.